The second-order valence-electron chi connectivity index (χ2n) is 3.75. The van der Waals surface area contributed by atoms with Crippen molar-refractivity contribution >= 4 is 23.4 Å². The molecule has 1 atom stereocenters. The number of benzene rings is 1. The lowest BCUT2D eigenvalue weighted by molar-refractivity contribution is -0.143. The summed E-state index contributed by atoms with van der Waals surface area (Å²) in [7, 11) is 0. The van der Waals surface area contributed by atoms with Gasteiger partial charge in [-0.3, -0.25) is 4.79 Å². The minimum atomic E-state index is -0.158. The van der Waals surface area contributed by atoms with Crippen molar-refractivity contribution < 1.29 is 9.53 Å². The van der Waals surface area contributed by atoms with Crippen LogP contribution in [0.2, 0.25) is 0 Å². The van der Waals surface area contributed by atoms with E-state index in [9.17, 15) is 4.79 Å². The van der Waals surface area contributed by atoms with Gasteiger partial charge < -0.3 is 10.1 Å². The van der Waals surface area contributed by atoms with Crippen molar-refractivity contribution in [2.24, 2.45) is 0 Å². The Morgan fingerprint density at radius 2 is 2.18 bits per heavy atom. The Morgan fingerprint density at radius 1 is 1.47 bits per heavy atom. The standard InChI is InChI=1S/C13H19NO2S/c1-4-16-13(15)9-10(2)14-11-7-5-6-8-12(11)17-3/h5-8,10,14H,4,9H2,1-3H3. The molecule has 0 saturated heterocycles. The average molecular weight is 253 g/mol. The van der Waals surface area contributed by atoms with Gasteiger partial charge >= 0.3 is 5.97 Å². The van der Waals surface area contributed by atoms with Crippen LogP contribution in [0.1, 0.15) is 20.3 Å². The number of rotatable bonds is 6. The molecule has 0 aliphatic heterocycles. The topological polar surface area (TPSA) is 38.3 Å². The van der Waals surface area contributed by atoms with Gasteiger partial charge in [-0.1, -0.05) is 12.1 Å². The summed E-state index contributed by atoms with van der Waals surface area (Å²) in [6.45, 7) is 4.24. The average Bonchev–Trinajstić information content (AvgIpc) is 2.29. The van der Waals surface area contributed by atoms with Gasteiger partial charge in [-0.05, 0) is 32.2 Å². The molecule has 0 aromatic heterocycles. The zero-order valence-electron chi connectivity index (χ0n) is 10.5. The van der Waals surface area contributed by atoms with E-state index in [-0.39, 0.29) is 12.0 Å². The van der Waals surface area contributed by atoms with E-state index in [1.807, 2.05) is 38.3 Å². The quantitative estimate of drug-likeness (QED) is 0.624. The molecule has 0 saturated carbocycles. The van der Waals surface area contributed by atoms with Crippen molar-refractivity contribution in [3.63, 3.8) is 0 Å². The van der Waals surface area contributed by atoms with Crippen molar-refractivity contribution in [1.29, 1.82) is 0 Å². The first-order valence-corrected chi connectivity index (χ1v) is 6.95. The molecule has 0 heterocycles. The van der Waals surface area contributed by atoms with Crippen LogP contribution in [0.5, 0.6) is 0 Å². The van der Waals surface area contributed by atoms with Gasteiger partial charge in [0.2, 0.25) is 0 Å². The molecule has 1 rings (SSSR count). The summed E-state index contributed by atoms with van der Waals surface area (Å²) in [5, 5.41) is 3.33. The summed E-state index contributed by atoms with van der Waals surface area (Å²) in [5.74, 6) is -0.158. The number of hydrogen-bond donors (Lipinski definition) is 1. The van der Waals surface area contributed by atoms with Gasteiger partial charge in [0.05, 0.1) is 13.0 Å². The van der Waals surface area contributed by atoms with Crippen LogP contribution >= 0.6 is 11.8 Å². The van der Waals surface area contributed by atoms with Gasteiger partial charge in [-0.25, -0.2) is 0 Å². The van der Waals surface area contributed by atoms with E-state index in [1.165, 1.54) is 4.90 Å². The normalized spacial score (nSPS) is 11.9. The maximum absolute atomic E-state index is 11.3. The van der Waals surface area contributed by atoms with Crippen molar-refractivity contribution in [2.75, 3.05) is 18.2 Å². The van der Waals surface area contributed by atoms with Crippen LogP contribution in [0, 0.1) is 0 Å². The molecule has 1 N–H and O–H groups in total. The van der Waals surface area contributed by atoms with Gasteiger partial charge in [0, 0.05) is 16.6 Å². The highest BCUT2D eigenvalue weighted by molar-refractivity contribution is 7.98. The van der Waals surface area contributed by atoms with Gasteiger partial charge in [0.1, 0.15) is 0 Å². The second-order valence-corrected chi connectivity index (χ2v) is 4.60. The maximum Gasteiger partial charge on any atom is 0.307 e. The molecular weight excluding hydrogens is 234 g/mol. The smallest absolute Gasteiger partial charge is 0.307 e. The van der Waals surface area contributed by atoms with Crippen LogP contribution in [-0.2, 0) is 9.53 Å². The summed E-state index contributed by atoms with van der Waals surface area (Å²) >= 11 is 1.69. The highest BCUT2D eigenvalue weighted by atomic mass is 32.2. The first-order chi connectivity index (χ1) is 8.17. The Balaban J connectivity index is 2.55. The molecule has 1 aromatic carbocycles. The zero-order valence-corrected chi connectivity index (χ0v) is 11.3. The Morgan fingerprint density at radius 3 is 2.82 bits per heavy atom. The minimum Gasteiger partial charge on any atom is -0.466 e. The van der Waals surface area contributed by atoms with Gasteiger partial charge in [0.25, 0.3) is 0 Å². The van der Waals surface area contributed by atoms with Crippen LogP contribution in [0.4, 0.5) is 5.69 Å². The molecule has 94 valence electrons. The number of anilines is 1. The SMILES string of the molecule is CCOC(=O)CC(C)Nc1ccccc1SC. The highest BCUT2D eigenvalue weighted by Gasteiger charge is 2.10. The van der Waals surface area contributed by atoms with Gasteiger partial charge in [-0.15, -0.1) is 11.8 Å². The summed E-state index contributed by atoms with van der Waals surface area (Å²) in [6, 6.07) is 8.14. The molecule has 1 aromatic rings. The molecule has 0 bridgehead atoms. The maximum atomic E-state index is 11.3. The predicted octanol–water partition coefficient (Wildman–Crippen LogP) is 3.16. The van der Waals surface area contributed by atoms with Crippen LogP contribution in [0.3, 0.4) is 0 Å². The molecule has 17 heavy (non-hydrogen) atoms. The predicted molar refractivity (Wildman–Crippen MR) is 72.6 cm³/mol. The number of ether oxygens (including phenoxy) is 1. The first-order valence-electron chi connectivity index (χ1n) is 5.72. The molecule has 0 aliphatic carbocycles. The Bertz CT molecular complexity index is 368. The first kappa shape index (κ1) is 13.9. The lowest BCUT2D eigenvalue weighted by Crippen LogP contribution is -2.21. The number of carbonyl (C=O) groups excluding carboxylic acids is 1. The molecular formula is C13H19NO2S. The van der Waals surface area contributed by atoms with E-state index < -0.39 is 0 Å². The van der Waals surface area contributed by atoms with Crippen LogP contribution < -0.4 is 5.32 Å². The molecule has 0 amide bonds. The fourth-order valence-corrected chi connectivity index (χ4v) is 2.11. The van der Waals surface area contributed by atoms with E-state index in [4.69, 9.17) is 4.74 Å². The molecule has 0 fully saturated rings. The van der Waals surface area contributed by atoms with Crippen molar-refractivity contribution in [2.45, 2.75) is 31.2 Å². The fourth-order valence-electron chi connectivity index (χ4n) is 1.55. The van der Waals surface area contributed by atoms with E-state index in [0.29, 0.717) is 13.0 Å². The number of carbonyl (C=O) groups is 1. The molecule has 0 spiro atoms. The van der Waals surface area contributed by atoms with Crippen molar-refractivity contribution in [3.05, 3.63) is 24.3 Å². The third-order valence-electron chi connectivity index (χ3n) is 2.29. The zero-order chi connectivity index (χ0) is 12.7. The molecule has 0 aliphatic rings. The highest BCUT2D eigenvalue weighted by Crippen LogP contribution is 2.25. The summed E-state index contributed by atoms with van der Waals surface area (Å²) in [5.41, 5.74) is 1.07. The number of thioether (sulfide) groups is 1. The minimum absolute atomic E-state index is 0.0716. The second kappa shape index (κ2) is 7.22. The van der Waals surface area contributed by atoms with Crippen LogP contribution in [-0.4, -0.2) is 24.9 Å². The summed E-state index contributed by atoms with van der Waals surface area (Å²) in [4.78, 5) is 12.5. The number of hydrogen-bond acceptors (Lipinski definition) is 4. The van der Waals surface area contributed by atoms with Gasteiger partial charge in [0.15, 0.2) is 0 Å². The summed E-state index contributed by atoms with van der Waals surface area (Å²) in [6.07, 6.45) is 2.42. The van der Waals surface area contributed by atoms with E-state index in [0.717, 1.165) is 5.69 Å². The lowest BCUT2D eigenvalue weighted by Gasteiger charge is -2.16. The Hall–Kier alpha value is -1.16. The molecule has 3 nitrogen and oxygen atoms in total. The van der Waals surface area contributed by atoms with Gasteiger partial charge in [-0.2, -0.15) is 0 Å². The lowest BCUT2D eigenvalue weighted by atomic mass is 10.2. The van der Waals surface area contributed by atoms with Crippen molar-refractivity contribution in [1.82, 2.24) is 0 Å². The van der Waals surface area contributed by atoms with E-state index in [2.05, 4.69) is 11.4 Å². The molecule has 0 radical (unpaired) electrons. The Kier molecular flexibility index (Phi) is 5.91. The molecule has 1 unspecified atom stereocenters. The summed E-state index contributed by atoms with van der Waals surface area (Å²) < 4.78 is 4.92. The van der Waals surface area contributed by atoms with Crippen molar-refractivity contribution in [3.8, 4) is 0 Å². The van der Waals surface area contributed by atoms with Crippen LogP contribution in [0.15, 0.2) is 29.2 Å². The third kappa shape index (κ3) is 4.69. The molecule has 4 heteroatoms. The monoisotopic (exact) mass is 253 g/mol. The van der Waals surface area contributed by atoms with E-state index in [1.54, 1.807) is 11.8 Å². The third-order valence-corrected chi connectivity index (χ3v) is 3.08. The number of nitrogens with one attached hydrogen (secondary N) is 1. The Labute approximate surface area is 107 Å². The fraction of sp³-hybridized carbons (Fsp3) is 0.462. The number of para-hydroxylation sites is 1. The largest absolute Gasteiger partial charge is 0.466 e. The van der Waals surface area contributed by atoms with Crippen LogP contribution in [0.25, 0.3) is 0 Å². The van der Waals surface area contributed by atoms with E-state index >= 15 is 0 Å². The number of esters is 1.